The van der Waals surface area contributed by atoms with Gasteiger partial charge in [0, 0.05) is 55.7 Å². The number of nitrogens with one attached hydrogen (secondary N) is 1. The van der Waals surface area contributed by atoms with Gasteiger partial charge in [-0.15, -0.1) is 0 Å². The zero-order chi connectivity index (χ0) is 23.3. The number of ether oxygens (including phenoxy) is 2. The van der Waals surface area contributed by atoms with Crippen LogP contribution >= 0.6 is 0 Å². The number of para-hydroxylation sites is 1. The minimum atomic E-state index is 0.204. The molecule has 1 aromatic heterocycles. The van der Waals surface area contributed by atoms with Gasteiger partial charge in [0.15, 0.2) is 0 Å². The molecule has 3 aromatic rings. The van der Waals surface area contributed by atoms with Crippen molar-refractivity contribution in [1.82, 2.24) is 14.9 Å². The second-order valence-electron chi connectivity index (χ2n) is 9.32. The lowest BCUT2D eigenvalue weighted by atomic mass is 9.95. The molecule has 180 valence electrons. The second-order valence-corrected chi connectivity index (χ2v) is 9.32. The molecule has 7 nitrogen and oxygen atoms in total. The summed E-state index contributed by atoms with van der Waals surface area (Å²) in [5.41, 5.74) is 3.08. The molecule has 0 bridgehead atoms. The van der Waals surface area contributed by atoms with Crippen LogP contribution in [0.1, 0.15) is 32.6 Å². The average molecular weight is 462 g/mol. The van der Waals surface area contributed by atoms with Crippen LogP contribution in [-0.2, 0) is 4.74 Å². The topological polar surface area (TPSA) is 62.8 Å². The molecule has 2 aromatic carbocycles. The lowest BCUT2D eigenvalue weighted by Crippen LogP contribution is -2.44. The average Bonchev–Trinajstić information content (AvgIpc) is 2.87. The third-order valence-corrected chi connectivity index (χ3v) is 6.88. The molecule has 0 atom stereocenters. The predicted octanol–water partition coefficient (Wildman–Crippen LogP) is 4.85. The highest BCUT2D eigenvalue weighted by molar-refractivity contribution is 5.85. The number of anilines is 3. The van der Waals surface area contributed by atoms with E-state index in [1.54, 1.807) is 0 Å². The van der Waals surface area contributed by atoms with Crippen LogP contribution < -0.4 is 15.0 Å². The van der Waals surface area contributed by atoms with E-state index in [0.717, 1.165) is 80.8 Å². The Kier molecular flexibility index (Phi) is 7.11. The second kappa shape index (κ2) is 10.6. The number of nitrogens with zero attached hydrogens (tertiary/aromatic N) is 4. The summed E-state index contributed by atoms with van der Waals surface area (Å²) >= 11 is 0. The fourth-order valence-corrected chi connectivity index (χ4v) is 4.87. The first kappa shape index (κ1) is 22.9. The zero-order valence-corrected chi connectivity index (χ0v) is 20.2. The Morgan fingerprint density at radius 2 is 1.68 bits per heavy atom. The first-order chi connectivity index (χ1) is 16.7. The molecule has 2 heterocycles. The van der Waals surface area contributed by atoms with Gasteiger partial charge < -0.3 is 24.6 Å². The normalized spacial score (nSPS) is 21.5. The fraction of sp³-hybridized carbons (Fsp3) is 0.481. The minimum absolute atomic E-state index is 0.204. The summed E-state index contributed by atoms with van der Waals surface area (Å²) < 4.78 is 12.2. The third-order valence-electron chi connectivity index (χ3n) is 6.88. The molecule has 1 N–H and O–H groups in total. The standard InChI is InChI=1S/C27H35N5O2/c1-3-33-23-11-13-24(14-12-23)34-25-6-4-5-20-19-28-27(30-26(20)25)29-21-7-9-22(10-8-21)32-17-15-31(2)16-18-32/h4-10,19,23-24H,3,11-18H2,1-2H3,(H,28,29,30). The lowest BCUT2D eigenvalue weighted by Gasteiger charge is -2.34. The molecule has 0 unspecified atom stereocenters. The van der Waals surface area contributed by atoms with Gasteiger partial charge in [-0.05, 0) is 70.0 Å². The number of hydrogen-bond acceptors (Lipinski definition) is 7. The number of rotatable bonds is 7. The van der Waals surface area contributed by atoms with Crippen LogP contribution in [0.3, 0.4) is 0 Å². The molecule has 0 radical (unpaired) electrons. The van der Waals surface area contributed by atoms with Crippen LogP contribution in [-0.4, -0.2) is 66.9 Å². The Hall–Kier alpha value is -2.90. The van der Waals surface area contributed by atoms with E-state index in [2.05, 4.69) is 58.3 Å². The fourth-order valence-electron chi connectivity index (χ4n) is 4.87. The molecule has 7 heteroatoms. The van der Waals surface area contributed by atoms with E-state index >= 15 is 0 Å². The van der Waals surface area contributed by atoms with Gasteiger partial charge in [0.25, 0.3) is 0 Å². The van der Waals surface area contributed by atoms with Crippen LogP contribution in [0, 0.1) is 0 Å². The van der Waals surface area contributed by atoms with E-state index in [-0.39, 0.29) is 6.10 Å². The summed E-state index contributed by atoms with van der Waals surface area (Å²) in [7, 11) is 2.18. The first-order valence-electron chi connectivity index (χ1n) is 12.5. The Morgan fingerprint density at radius 1 is 0.941 bits per heavy atom. The third kappa shape index (κ3) is 5.42. The van der Waals surface area contributed by atoms with Gasteiger partial charge in [0.05, 0.1) is 12.2 Å². The number of fused-ring (bicyclic) bond motifs is 1. The molecule has 2 aliphatic rings. The summed E-state index contributed by atoms with van der Waals surface area (Å²) in [6, 6.07) is 14.6. The maximum Gasteiger partial charge on any atom is 0.227 e. The van der Waals surface area contributed by atoms with E-state index in [4.69, 9.17) is 14.5 Å². The Labute approximate surface area is 202 Å². The predicted molar refractivity (Wildman–Crippen MR) is 137 cm³/mol. The van der Waals surface area contributed by atoms with Gasteiger partial charge >= 0.3 is 0 Å². The molecule has 0 spiro atoms. The van der Waals surface area contributed by atoms with Crippen LogP contribution in [0.15, 0.2) is 48.7 Å². The van der Waals surface area contributed by atoms with E-state index < -0.39 is 0 Å². The zero-order valence-electron chi connectivity index (χ0n) is 20.2. The maximum atomic E-state index is 6.41. The van der Waals surface area contributed by atoms with Crippen molar-refractivity contribution in [2.45, 2.75) is 44.8 Å². The largest absolute Gasteiger partial charge is 0.488 e. The molecule has 1 saturated heterocycles. The maximum absolute atomic E-state index is 6.41. The molecule has 2 fully saturated rings. The highest BCUT2D eigenvalue weighted by Gasteiger charge is 2.23. The summed E-state index contributed by atoms with van der Waals surface area (Å²) in [5, 5.41) is 4.35. The number of piperazine rings is 1. The van der Waals surface area contributed by atoms with Crippen molar-refractivity contribution in [2.24, 2.45) is 0 Å². The van der Waals surface area contributed by atoms with Crippen molar-refractivity contribution < 1.29 is 9.47 Å². The molecule has 1 aliphatic carbocycles. The van der Waals surface area contributed by atoms with Crippen molar-refractivity contribution in [3.63, 3.8) is 0 Å². The number of benzene rings is 2. The van der Waals surface area contributed by atoms with Crippen molar-refractivity contribution in [3.8, 4) is 5.75 Å². The van der Waals surface area contributed by atoms with Crippen LogP contribution in [0.5, 0.6) is 5.75 Å². The van der Waals surface area contributed by atoms with Crippen LogP contribution in [0.2, 0.25) is 0 Å². The van der Waals surface area contributed by atoms with Crippen molar-refractivity contribution >= 4 is 28.2 Å². The van der Waals surface area contributed by atoms with Gasteiger partial charge in [-0.3, -0.25) is 0 Å². The van der Waals surface area contributed by atoms with Crippen molar-refractivity contribution in [1.29, 1.82) is 0 Å². The summed E-state index contributed by atoms with van der Waals surface area (Å²) in [4.78, 5) is 14.1. The monoisotopic (exact) mass is 461 g/mol. The molecular weight excluding hydrogens is 426 g/mol. The van der Waals surface area contributed by atoms with E-state index in [9.17, 15) is 0 Å². The molecule has 0 amide bonds. The lowest BCUT2D eigenvalue weighted by molar-refractivity contribution is 0.00906. The Morgan fingerprint density at radius 3 is 2.41 bits per heavy atom. The number of aromatic nitrogens is 2. The molecule has 5 rings (SSSR count). The van der Waals surface area contributed by atoms with Gasteiger partial charge in [0.2, 0.25) is 5.95 Å². The van der Waals surface area contributed by atoms with E-state index in [1.807, 2.05) is 24.4 Å². The van der Waals surface area contributed by atoms with E-state index in [0.29, 0.717) is 12.1 Å². The number of hydrogen-bond donors (Lipinski definition) is 1. The van der Waals surface area contributed by atoms with E-state index in [1.165, 1.54) is 5.69 Å². The molecule has 1 saturated carbocycles. The molecule has 34 heavy (non-hydrogen) atoms. The highest BCUT2D eigenvalue weighted by atomic mass is 16.5. The van der Waals surface area contributed by atoms with Gasteiger partial charge in [0.1, 0.15) is 11.3 Å². The Balaban J connectivity index is 1.26. The summed E-state index contributed by atoms with van der Waals surface area (Å²) in [5.74, 6) is 1.41. The number of likely N-dealkylation sites (N-methyl/N-ethyl adjacent to an activating group) is 1. The molecular formula is C27H35N5O2. The van der Waals surface area contributed by atoms with Crippen molar-refractivity contribution in [2.75, 3.05) is 50.1 Å². The van der Waals surface area contributed by atoms with Crippen LogP contribution in [0.4, 0.5) is 17.3 Å². The van der Waals surface area contributed by atoms with Gasteiger partial charge in [-0.2, -0.15) is 0 Å². The summed E-state index contributed by atoms with van der Waals surface area (Å²) in [6.07, 6.45) is 6.56. The van der Waals surface area contributed by atoms with Gasteiger partial charge in [-0.1, -0.05) is 12.1 Å². The summed E-state index contributed by atoms with van der Waals surface area (Å²) in [6.45, 7) is 7.17. The minimum Gasteiger partial charge on any atom is -0.488 e. The smallest absolute Gasteiger partial charge is 0.227 e. The van der Waals surface area contributed by atoms with Crippen molar-refractivity contribution in [3.05, 3.63) is 48.7 Å². The van der Waals surface area contributed by atoms with Crippen LogP contribution in [0.25, 0.3) is 10.9 Å². The SMILES string of the molecule is CCOC1CCC(Oc2cccc3cnc(Nc4ccc(N5CCN(C)CC5)cc4)nc23)CC1. The quantitative estimate of drug-likeness (QED) is 0.539. The molecule has 1 aliphatic heterocycles. The Bertz CT molecular complexity index is 1070. The highest BCUT2D eigenvalue weighted by Crippen LogP contribution is 2.30. The van der Waals surface area contributed by atoms with Gasteiger partial charge in [-0.25, -0.2) is 9.97 Å². The first-order valence-corrected chi connectivity index (χ1v) is 12.5.